The monoisotopic (exact) mass is 411 g/mol. The predicted octanol–water partition coefficient (Wildman–Crippen LogP) is 4.24. The topological polar surface area (TPSA) is 53.1 Å². The van der Waals surface area contributed by atoms with Crippen LogP contribution in [0.5, 0.6) is 0 Å². The highest BCUT2D eigenvalue weighted by Crippen LogP contribution is 2.21. The maximum absolute atomic E-state index is 12.7. The van der Waals surface area contributed by atoms with Gasteiger partial charge < -0.3 is 9.80 Å². The van der Waals surface area contributed by atoms with E-state index in [1.54, 1.807) is 0 Å². The van der Waals surface area contributed by atoms with Gasteiger partial charge in [0, 0.05) is 25.6 Å². The molecule has 1 unspecified atom stereocenters. The van der Waals surface area contributed by atoms with Crippen LogP contribution >= 0.6 is 0 Å². The van der Waals surface area contributed by atoms with Crippen LogP contribution in [0.15, 0.2) is 0 Å². The van der Waals surface area contributed by atoms with E-state index in [4.69, 9.17) is 4.84 Å². The van der Waals surface area contributed by atoms with Crippen LogP contribution in [0.25, 0.3) is 0 Å². The zero-order chi connectivity index (χ0) is 21.3. The summed E-state index contributed by atoms with van der Waals surface area (Å²) in [5, 5.41) is 1.40. The highest BCUT2D eigenvalue weighted by molar-refractivity contribution is 5.76. The quantitative estimate of drug-likeness (QED) is 0.204. The third kappa shape index (κ3) is 12.2. The third-order valence-electron chi connectivity index (χ3n) is 5.75. The van der Waals surface area contributed by atoms with E-state index >= 15 is 0 Å². The summed E-state index contributed by atoms with van der Waals surface area (Å²) in [7, 11) is 4.04. The number of hydroxylamine groups is 2. The van der Waals surface area contributed by atoms with Crippen LogP contribution in [0.3, 0.4) is 0 Å². The van der Waals surface area contributed by atoms with E-state index in [1.165, 1.54) is 43.6 Å². The Labute approximate surface area is 178 Å². The van der Waals surface area contributed by atoms with Crippen molar-refractivity contribution in [2.45, 2.75) is 96.4 Å². The lowest BCUT2D eigenvalue weighted by molar-refractivity contribution is -0.175. The van der Waals surface area contributed by atoms with Gasteiger partial charge in [0.2, 0.25) is 12.3 Å². The first-order valence-corrected chi connectivity index (χ1v) is 11.9. The summed E-state index contributed by atoms with van der Waals surface area (Å²) in [6, 6.07) is 0.260. The van der Waals surface area contributed by atoms with Crippen molar-refractivity contribution in [3.63, 3.8) is 0 Å². The fourth-order valence-corrected chi connectivity index (χ4v) is 4.00. The third-order valence-corrected chi connectivity index (χ3v) is 5.75. The van der Waals surface area contributed by atoms with Gasteiger partial charge >= 0.3 is 0 Å². The van der Waals surface area contributed by atoms with Crippen molar-refractivity contribution in [2.75, 3.05) is 40.3 Å². The van der Waals surface area contributed by atoms with E-state index in [9.17, 15) is 9.59 Å². The second kappa shape index (κ2) is 16.6. The van der Waals surface area contributed by atoms with Gasteiger partial charge in [-0.05, 0) is 59.2 Å². The van der Waals surface area contributed by atoms with E-state index in [0.717, 1.165) is 58.0 Å². The Morgan fingerprint density at radius 1 is 1.03 bits per heavy atom. The summed E-state index contributed by atoms with van der Waals surface area (Å²) in [6.45, 7) is 5.14. The fraction of sp³-hybridized carbons (Fsp3) is 0.913. The molecule has 1 heterocycles. The molecular formula is C23H45N3O3. The number of rotatable bonds is 17. The van der Waals surface area contributed by atoms with E-state index in [0.29, 0.717) is 25.5 Å². The van der Waals surface area contributed by atoms with Gasteiger partial charge in [0.15, 0.2) is 0 Å². The Bertz CT molecular complexity index is 432. The highest BCUT2D eigenvalue weighted by Gasteiger charge is 2.26. The summed E-state index contributed by atoms with van der Waals surface area (Å²) in [5.41, 5.74) is 0. The number of piperidine rings is 1. The Morgan fingerprint density at radius 2 is 1.76 bits per heavy atom. The number of nitrogens with zero attached hydrogens (tertiary/aromatic N) is 3. The molecule has 29 heavy (non-hydrogen) atoms. The molecule has 0 radical (unpaired) electrons. The van der Waals surface area contributed by atoms with Crippen molar-refractivity contribution < 1.29 is 14.4 Å². The average molecular weight is 412 g/mol. The lowest BCUT2D eigenvalue weighted by Gasteiger charge is -2.36. The second-order valence-corrected chi connectivity index (χ2v) is 8.63. The largest absolute Gasteiger partial charge is 0.340 e. The summed E-state index contributed by atoms with van der Waals surface area (Å²) in [4.78, 5) is 33.7. The molecule has 1 saturated heterocycles. The van der Waals surface area contributed by atoms with Crippen LogP contribution in [0.4, 0.5) is 0 Å². The van der Waals surface area contributed by atoms with Crippen LogP contribution < -0.4 is 0 Å². The molecule has 1 aliphatic rings. The molecule has 2 amide bonds. The maximum Gasteiger partial charge on any atom is 0.233 e. The molecule has 1 atom stereocenters. The van der Waals surface area contributed by atoms with Crippen LogP contribution in [0.2, 0.25) is 0 Å². The Morgan fingerprint density at radius 3 is 2.45 bits per heavy atom. The molecule has 170 valence electrons. The molecule has 0 aliphatic carbocycles. The SMILES string of the molecule is CCCCCCCCCC(=O)N1CCCCC1CCON(C=O)CCCN(C)C. The fourth-order valence-electron chi connectivity index (χ4n) is 4.00. The van der Waals surface area contributed by atoms with Gasteiger partial charge in [-0.15, -0.1) is 0 Å². The van der Waals surface area contributed by atoms with Gasteiger partial charge in [-0.3, -0.25) is 14.4 Å². The van der Waals surface area contributed by atoms with Crippen LogP contribution in [-0.4, -0.2) is 73.6 Å². The van der Waals surface area contributed by atoms with Crippen molar-refractivity contribution >= 4 is 12.3 Å². The zero-order valence-electron chi connectivity index (χ0n) is 19.2. The lowest BCUT2D eigenvalue weighted by atomic mass is 9.98. The van der Waals surface area contributed by atoms with Crippen molar-refractivity contribution in [2.24, 2.45) is 0 Å². The number of likely N-dealkylation sites (tertiary alicyclic amines) is 1. The molecule has 0 aromatic carbocycles. The summed E-state index contributed by atoms with van der Waals surface area (Å²) in [6.07, 6.45) is 15.1. The summed E-state index contributed by atoms with van der Waals surface area (Å²) < 4.78 is 0. The normalized spacial score (nSPS) is 17.0. The molecule has 1 fully saturated rings. The molecule has 1 aliphatic heterocycles. The van der Waals surface area contributed by atoms with Gasteiger partial charge in [0.25, 0.3) is 0 Å². The number of hydrogen-bond donors (Lipinski definition) is 0. The summed E-state index contributed by atoms with van der Waals surface area (Å²) >= 11 is 0. The van der Waals surface area contributed by atoms with E-state index < -0.39 is 0 Å². The first-order valence-electron chi connectivity index (χ1n) is 11.9. The van der Waals surface area contributed by atoms with Crippen LogP contribution in [0.1, 0.15) is 90.4 Å². The van der Waals surface area contributed by atoms with Crippen molar-refractivity contribution in [1.82, 2.24) is 14.9 Å². The first kappa shape index (κ1) is 25.9. The van der Waals surface area contributed by atoms with Gasteiger partial charge in [-0.1, -0.05) is 45.4 Å². The number of unbranched alkanes of at least 4 members (excludes halogenated alkanes) is 6. The molecule has 0 bridgehead atoms. The lowest BCUT2D eigenvalue weighted by Crippen LogP contribution is -2.44. The standard InChI is InChI=1S/C23H45N3O3/c1-4-5-6-7-8-9-10-15-23(28)26-19-12-11-14-22(26)16-20-29-25(21-27)18-13-17-24(2)3/h21-22H,4-20H2,1-3H3. The Kier molecular flexibility index (Phi) is 14.9. The molecule has 0 saturated carbocycles. The molecular weight excluding hydrogens is 366 g/mol. The van der Waals surface area contributed by atoms with Gasteiger partial charge in [0.1, 0.15) is 0 Å². The number of carbonyl (C=O) groups excluding carboxylic acids is 2. The minimum Gasteiger partial charge on any atom is -0.340 e. The minimum atomic E-state index is 0.260. The molecule has 6 nitrogen and oxygen atoms in total. The predicted molar refractivity (Wildman–Crippen MR) is 118 cm³/mol. The highest BCUT2D eigenvalue weighted by atomic mass is 16.7. The number of hydrogen-bond acceptors (Lipinski definition) is 4. The van der Waals surface area contributed by atoms with Crippen molar-refractivity contribution in [3.8, 4) is 0 Å². The second-order valence-electron chi connectivity index (χ2n) is 8.63. The number of amides is 2. The average Bonchev–Trinajstić information content (AvgIpc) is 2.72. The first-order chi connectivity index (χ1) is 14.1. The van der Waals surface area contributed by atoms with Crippen LogP contribution in [0, 0.1) is 0 Å². The van der Waals surface area contributed by atoms with Crippen LogP contribution in [-0.2, 0) is 14.4 Å². The minimum absolute atomic E-state index is 0.260. The van der Waals surface area contributed by atoms with Crippen molar-refractivity contribution in [3.05, 3.63) is 0 Å². The maximum atomic E-state index is 12.7. The molecule has 6 heteroatoms. The van der Waals surface area contributed by atoms with E-state index in [2.05, 4.69) is 16.7 Å². The van der Waals surface area contributed by atoms with Gasteiger partial charge in [-0.2, -0.15) is 0 Å². The molecule has 0 aromatic heterocycles. The molecule has 1 rings (SSSR count). The smallest absolute Gasteiger partial charge is 0.233 e. The molecule has 0 spiro atoms. The van der Waals surface area contributed by atoms with Crippen molar-refractivity contribution in [1.29, 1.82) is 0 Å². The molecule has 0 N–H and O–H groups in total. The van der Waals surface area contributed by atoms with Gasteiger partial charge in [-0.25, -0.2) is 5.06 Å². The summed E-state index contributed by atoms with van der Waals surface area (Å²) in [5.74, 6) is 0.307. The van der Waals surface area contributed by atoms with Gasteiger partial charge in [0.05, 0.1) is 6.61 Å². The zero-order valence-corrected chi connectivity index (χ0v) is 19.2. The Hall–Kier alpha value is -1.14. The molecule has 0 aromatic rings. The van der Waals surface area contributed by atoms with E-state index in [-0.39, 0.29) is 6.04 Å². The number of carbonyl (C=O) groups is 2. The van der Waals surface area contributed by atoms with E-state index in [1.807, 2.05) is 14.1 Å². The Balaban J connectivity index is 2.26.